The average molecular weight is 173 g/mol. The van der Waals surface area contributed by atoms with E-state index < -0.39 is 0 Å². The van der Waals surface area contributed by atoms with Crippen LogP contribution in [-0.4, -0.2) is 5.88 Å². The summed E-state index contributed by atoms with van der Waals surface area (Å²) in [5.41, 5.74) is 0. The number of hydrogen-bond donors (Lipinski definition) is 0. The summed E-state index contributed by atoms with van der Waals surface area (Å²) in [4.78, 5) is 0. The van der Waals surface area contributed by atoms with Crippen molar-refractivity contribution in [3.8, 4) is 0 Å². The minimum atomic E-state index is 0.773. The van der Waals surface area contributed by atoms with Gasteiger partial charge in [-0.1, -0.05) is 31.2 Å². The van der Waals surface area contributed by atoms with Crippen LogP contribution in [0.1, 0.15) is 32.6 Å². The molecule has 0 amide bonds. The molecule has 0 saturated heterocycles. The molecule has 0 unspecified atom stereocenters. The second kappa shape index (κ2) is 9.77. The lowest BCUT2D eigenvalue weighted by atomic mass is 10.2. The monoisotopic (exact) mass is 172 g/mol. The Morgan fingerprint density at radius 1 is 1.09 bits per heavy atom. The van der Waals surface area contributed by atoms with Crippen molar-refractivity contribution in [2.75, 3.05) is 5.88 Å². The van der Waals surface area contributed by atoms with Gasteiger partial charge >= 0.3 is 0 Å². The van der Waals surface area contributed by atoms with Gasteiger partial charge in [-0.25, -0.2) is 0 Å². The van der Waals surface area contributed by atoms with Crippen molar-refractivity contribution in [2.45, 2.75) is 32.6 Å². The lowest BCUT2D eigenvalue weighted by molar-refractivity contribution is 0.962. The van der Waals surface area contributed by atoms with E-state index in [1.807, 2.05) is 0 Å². The molecular formula is C10H17Cl. The summed E-state index contributed by atoms with van der Waals surface area (Å²) in [6.45, 7) is 2.15. The third-order valence-electron chi connectivity index (χ3n) is 1.35. The van der Waals surface area contributed by atoms with Crippen molar-refractivity contribution < 1.29 is 0 Å². The predicted octanol–water partition coefficient (Wildman–Crippen LogP) is 3.92. The van der Waals surface area contributed by atoms with Gasteiger partial charge in [-0.2, -0.15) is 0 Å². The summed E-state index contributed by atoms with van der Waals surface area (Å²) < 4.78 is 0. The van der Waals surface area contributed by atoms with Crippen LogP contribution in [-0.2, 0) is 0 Å². The fourth-order valence-electron chi connectivity index (χ4n) is 0.751. The maximum atomic E-state index is 5.52. The number of allylic oxidation sites excluding steroid dienone is 4. The highest BCUT2D eigenvalue weighted by molar-refractivity contribution is 6.17. The normalized spacial score (nSPS) is 11.8. The maximum Gasteiger partial charge on any atom is 0.0226 e. The van der Waals surface area contributed by atoms with E-state index in [4.69, 9.17) is 11.6 Å². The molecule has 64 valence electrons. The van der Waals surface area contributed by atoms with Gasteiger partial charge in [0.05, 0.1) is 0 Å². The molecule has 0 aliphatic rings. The molecule has 0 aliphatic carbocycles. The van der Waals surface area contributed by atoms with Crippen molar-refractivity contribution in [3.63, 3.8) is 0 Å². The zero-order valence-electron chi connectivity index (χ0n) is 7.22. The first-order chi connectivity index (χ1) is 5.41. The number of rotatable bonds is 6. The Morgan fingerprint density at radius 3 is 2.45 bits per heavy atom. The van der Waals surface area contributed by atoms with Crippen molar-refractivity contribution in [3.05, 3.63) is 24.3 Å². The molecule has 0 atom stereocenters. The van der Waals surface area contributed by atoms with E-state index in [9.17, 15) is 0 Å². The van der Waals surface area contributed by atoms with Crippen LogP contribution in [0.2, 0.25) is 0 Å². The summed E-state index contributed by atoms with van der Waals surface area (Å²) in [5.74, 6) is 0.773. The molecule has 0 radical (unpaired) electrons. The molecule has 0 saturated carbocycles. The van der Waals surface area contributed by atoms with Crippen LogP contribution in [0.4, 0.5) is 0 Å². The van der Waals surface area contributed by atoms with E-state index in [0.717, 1.165) is 31.6 Å². The van der Waals surface area contributed by atoms with Gasteiger partial charge in [0, 0.05) is 5.88 Å². The highest BCUT2D eigenvalue weighted by Gasteiger charge is 1.77. The maximum absolute atomic E-state index is 5.52. The molecule has 1 heteroatoms. The lowest BCUT2D eigenvalue weighted by Gasteiger charge is -1.85. The van der Waals surface area contributed by atoms with Gasteiger partial charge in [0.2, 0.25) is 0 Å². The number of unbranched alkanes of at least 4 members (excludes halogenated alkanes) is 1. The van der Waals surface area contributed by atoms with E-state index in [2.05, 4.69) is 31.2 Å². The Bertz CT molecular complexity index is 114. The minimum Gasteiger partial charge on any atom is -0.127 e. The van der Waals surface area contributed by atoms with Crippen LogP contribution in [0.5, 0.6) is 0 Å². The zero-order chi connectivity index (χ0) is 8.36. The first-order valence-electron chi connectivity index (χ1n) is 4.27. The lowest BCUT2D eigenvalue weighted by Crippen LogP contribution is -1.70. The summed E-state index contributed by atoms with van der Waals surface area (Å²) in [5, 5.41) is 0. The quantitative estimate of drug-likeness (QED) is 0.324. The van der Waals surface area contributed by atoms with Gasteiger partial charge in [0.1, 0.15) is 0 Å². The third kappa shape index (κ3) is 9.77. The van der Waals surface area contributed by atoms with Crippen LogP contribution in [0, 0.1) is 0 Å². The highest BCUT2D eigenvalue weighted by Crippen LogP contribution is 1.95. The van der Waals surface area contributed by atoms with Gasteiger partial charge in [-0.05, 0) is 25.7 Å². The zero-order valence-corrected chi connectivity index (χ0v) is 7.98. The molecule has 0 aromatic heterocycles. The Hall–Kier alpha value is -0.230. The van der Waals surface area contributed by atoms with Gasteiger partial charge < -0.3 is 0 Å². The molecule has 0 bridgehead atoms. The summed E-state index contributed by atoms with van der Waals surface area (Å²) >= 11 is 5.52. The Morgan fingerprint density at radius 2 is 1.82 bits per heavy atom. The second-order valence-corrected chi connectivity index (χ2v) is 2.80. The highest BCUT2D eigenvalue weighted by atomic mass is 35.5. The van der Waals surface area contributed by atoms with Gasteiger partial charge in [0.15, 0.2) is 0 Å². The summed E-state index contributed by atoms with van der Waals surface area (Å²) in [6.07, 6.45) is 13.2. The standard InChI is InChI=1S/C10H17Cl/c1-2-3-4-5-6-7-8-9-10-11/h3-4,6-7H,2,5,8-10H2,1H3/b4-3-,7-6-. The molecular weight excluding hydrogens is 156 g/mol. The first kappa shape index (κ1) is 10.8. The molecule has 0 spiro atoms. The van der Waals surface area contributed by atoms with Crippen molar-refractivity contribution >= 4 is 11.6 Å². The van der Waals surface area contributed by atoms with E-state index in [-0.39, 0.29) is 0 Å². The fraction of sp³-hybridized carbons (Fsp3) is 0.600. The molecule has 0 fully saturated rings. The Labute approximate surface area is 74.9 Å². The van der Waals surface area contributed by atoms with Gasteiger partial charge in [-0.15, -0.1) is 11.6 Å². The predicted molar refractivity (Wildman–Crippen MR) is 53.1 cm³/mol. The molecule has 0 aromatic rings. The topological polar surface area (TPSA) is 0 Å². The number of alkyl halides is 1. The Kier molecular flexibility index (Phi) is 9.57. The first-order valence-corrected chi connectivity index (χ1v) is 4.81. The SMILES string of the molecule is CC/C=C\C/C=C\CCCCl. The minimum absolute atomic E-state index is 0.773. The molecule has 0 aromatic carbocycles. The molecule has 0 N–H and O–H groups in total. The molecule has 0 heterocycles. The van der Waals surface area contributed by atoms with Crippen molar-refractivity contribution in [1.82, 2.24) is 0 Å². The van der Waals surface area contributed by atoms with E-state index in [0.29, 0.717) is 0 Å². The molecule has 0 rings (SSSR count). The van der Waals surface area contributed by atoms with E-state index >= 15 is 0 Å². The van der Waals surface area contributed by atoms with Crippen molar-refractivity contribution in [1.29, 1.82) is 0 Å². The molecule has 11 heavy (non-hydrogen) atoms. The summed E-state index contributed by atoms with van der Waals surface area (Å²) in [7, 11) is 0. The van der Waals surface area contributed by atoms with Gasteiger partial charge in [-0.3, -0.25) is 0 Å². The van der Waals surface area contributed by atoms with E-state index in [1.54, 1.807) is 0 Å². The van der Waals surface area contributed by atoms with Crippen LogP contribution in [0.3, 0.4) is 0 Å². The van der Waals surface area contributed by atoms with Crippen LogP contribution in [0.15, 0.2) is 24.3 Å². The number of halogens is 1. The van der Waals surface area contributed by atoms with Crippen LogP contribution < -0.4 is 0 Å². The average Bonchev–Trinajstić information content (AvgIpc) is 2.03. The molecule has 0 aliphatic heterocycles. The van der Waals surface area contributed by atoms with E-state index in [1.165, 1.54) is 0 Å². The fourth-order valence-corrected chi connectivity index (χ4v) is 0.905. The van der Waals surface area contributed by atoms with Crippen LogP contribution >= 0.6 is 11.6 Å². The summed E-state index contributed by atoms with van der Waals surface area (Å²) in [6, 6.07) is 0. The van der Waals surface area contributed by atoms with Crippen LogP contribution in [0.25, 0.3) is 0 Å². The third-order valence-corrected chi connectivity index (χ3v) is 1.61. The van der Waals surface area contributed by atoms with Gasteiger partial charge in [0.25, 0.3) is 0 Å². The number of hydrogen-bond acceptors (Lipinski definition) is 0. The second-order valence-electron chi connectivity index (χ2n) is 2.42. The van der Waals surface area contributed by atoms with Crippen molar-refractivity contribution in [2.24, 2.45) is 0 Å². The smallest absolute Gasteiger partial charge is 0.0226 e. The molecule has 0 nitrogen and oxygen atoms in total. The largest absolute Gasteiger partial charge is 0.127 e. The Balaban J connectivity index is 3.09.